The lowest BCUT2D eigenvalue weighted by molar-refractivity contribution is -0.160. The van der Waals surface area contributed by atoms with Crippen molar-refractivity contribution in [2.75, 3.05) is 33.2 Å². The predicted octanol–water partition coefficient (Wildman–Crippen LogP) is -2.95. The molecule has 2 aliphatic heterocycles. The molecular weight excluding hydrogens is 318 g/mol. The predicted molar refractivity (Wildman–Crippen MR) is 81.0 cm³/mol. The number of amides is 3. The number of hydrogen-bond donors (Lipinski definition) is 1. The first-order chi connectivity index (χ1) is 11.4. The quantitative estimate of drug-likeness (QED) is 0.620. The minimum absolute atomic E-state index is 0.0456. The van der Waals surface area contributed by atoms with Crippen molar-refractivity contribution < 1.29 is 14.4 Å². The van der Waals surface area contributed by atoms with Crippen molar-refractivity contribution in [3.63, 3.8) is 0 Å². The Bertz CT molecular complexity index is 812. The van der Waals surface area contributed by atoms with Crippen LogP contribution in [0.3, 0.4) is 0 Å². The van der Waals surface area contributed by atoms with Crippen LogP contribution in [0.1, 0.15) is 0 Å². The van der Waals surface area contributed by atoms with Crippen LogP contribution in [0.25, 0.3) is 0 Å². The van der Waals surface area contributed by atoms with Gasteiger partial charge in [-0.2, -0.15) is 0 Å². The SMILES string of the molecule is CN1CC(=O)N2CCN(C(=O)Cn3[nH]c(=O)ccc3=O)CC2C1=O. The highest BCUT2D eigenvalue weighted by Gasteiger charge is 2.42. The maximum atomic E-state index is 12.4. The molecule has 0 radical (unpaired) electrons. The van der Waals surface area contributed by atoms with Crippen LogP contribution < -0.4 is 11.1 Å². The molecule has 2 aliphatic rings. The Kier molecular flexibility index (Phi) is 3.96. The molecule has 10 heteroatoms. The second-order valence-corrected chi connectivity index (χ2v) is 5.87. The summed E-state index contributed by atoms with van der Waals surface area (Å²) < 4.78 is 0.928. The number of likely N-dealkylation sites (N-methyl/N-ethyl adjacent to an activating group) is 1. The molecule has 0 spiro atoms. The van der Waals surface area contributed by atoms with Gasteiger partial charge in [-0.3, -0.25) is 29.1 Å². The monoisotopic (exact) mass is 335 g/mol. The molecule has 2 fully saturated rings. The summed E-state index contributed by atoms with van der Waals surface area (Å²) in [4.78, 5) is 63.8. The number of fused-ring (bicyclic) bond motifs is 1. The fraction of sp³-hybridized carbons (Fsp3) is 0.500. The zero-order chi connectivity index (χ0) is 17.4. The summed E-state index contributed by atoms with van der Waals surface area (Å²) in [5, 5.41) is 2.29. The van der Waals surface area contributed by atoms with Crippen LogP contribution in [0.15, 0.2) is 21.7 Å². The first-order valence-corrected chi connectivity index (χ1v) is 7.49. The van der Waals surface area contributed by atoms with E-state index in [1.165, 1.54) is 14.7 Å². The van der Waals surface area contributed by atoms with E-state index < -0.39 is 23.1 Å². The number of nitrogens with one attached hydrogen (secondary N) is 1. The van der Waals surface area contributed by atoms with Crippen LogP contribution >= 0.6 is 0 Å². The van der Waals surface area contributed by atoms with Crippen molar-refractivity contribution in [1.82, 2.24) is 24.5 Å². The zero-order valence-corrected chi connectivity index (χ0v) is 13.1. The number of carbonyl (C=O) groups excluding carboxylic acids is 3. The van der Waals surface area contributed by atoms with E-state index in [0.717, 1.165) is 16.8 Å². The summed E-state index contributed by atoms with van der Waals surface area (Å²) in [6.45, 7) is 0.363. The van der Waals surface area contributed by atoms with E-state index in [1.807, 2.05) is 0 Å². The van der Waals surface area contributed by atoms with Gasteiger partial charge in [0.25, 0.3) is 11.1 Å². The molecule has 1 aromatic heterocycles. The second kappa shape index (κ2) is 5.95. The lowest BCUT2D eigenvalue weighted by Gasteiger charge is -2.45. The van der Waals surface area contributed by atoms with E-state index in [0.29, 0.717) is 0 Å². The summed E-state index contributed by atoms with van der Waals surface area (Å²) in [6.07, 6.45) is 0. The van der Waals surface area contributed by atoms with E-state index in [-0.39, 0.29) is 44.5 Å². The van der Waals surface area contributed by atoms with Gasteiger partial charge in [0.15, 0.2) is 0 Å². The van der Waals surface area contributed by atoms with Crippen LogP contribution in [0.5, 0.6) is 0 Å². The normalized spacial score (nSPS) is 21.0. The fourth-order valence-corrected chi connectivity index (χ4v) is 2.96. The Balaban J connectivity index is 1.74. The van der Waals surface area contributed by atoms with Gasteiger partial charge in [0.2, 0.25) is 17.7 Å². The third-order valence-electron chi connectivity index (χ3n) is 4.27. The van der Waals surface area contributed by atoms with E-state index in [9.17, 15) is 24.0 Å². The van der Waals surface area contributed by atoms with Crippen LogP contribution in [0.4, 0.5) is 0 Å². The molecule has 1 atom stereocenters. The summed E-state index contributed by atoms with van der Waals surface area (Å²) in [7, 11) is 1.55. The van der Waals surface area contributed by atoms with Gasteiger partial charge in [-0.05, 0) is 0 Å². The van der Waals surface area contributed by atoms with Crippen molar-refractivity contribution in [1.29, 1.82) is 0 Å². The summed E-state index contributed by atoms with van der Waals surface area (Å²) in [6, 6.07) is 1.48. The molecule has 10 nitrogen and oxygen atoms in total. The second-order valence-electron chi connectivity index (χ2n) is 5.87. The number of rotatable bonds is 2. The zero-order valence-electron chi connectivity index (χ0n) is 13.1. The van der Waals surface area contributed by atoms with Crippen molar-refractivity contribution in [2.24, 2.45) is 0 Å². The molecule has 3 heterocycles. The topological polar surface area (TPSA) is 116 Å². The Morgan fingerprint density at radius 1 is 1.21 bits per heavy atom. The summed E-state index contributed by atoms with van der Waals surface area (Å²) in [5.41, 5.74) is -0.980. The number of carbonyl (C=O) groups is 3. The summed E-state index contributed by atoms with van der Waals surface area (Å²) >= 11 is 0. The highest BCUT2D eigenvalue weighted by atomic mass is 16.2. The number of aromatic nitrogens is 2. The fourth-order valence-electron chi connectivity index (χ4n) is 2.96. The van der Waals surface area contributed by atoms with Gasteiger partial charge >= 0.3 is 0 Å². The standard InChI is InChI=1S/C14H17N5O5/c1-16-7-13(23)18-5-4-17(6-9(18)14(16)24)12(22)8-19-11(21)3-2-10(20)15-19/h2-3,9H,4-8H2,1H3,(H,15,20). The molecule has 0 aromatic carbocycles. The molecule has 1 unspecified atom stereocenters. The molecule has 2 saturated heterocycles. The minimum Gasteiger partial charge on any atom is -0.337 e. The first kappa shape index (κ1) is 16.0. The molecule has 0 saturated carbocycles. The van der Waals surface area contributed by atoms with Crippen LogP contribution in [-0.4, -0.2) is 81.5 Å². The van der Waals surface area contributed by atoms with Gasteiger partial charge in [-0.1, -0.05) is 0 Å². The Hall–Kier alpha value is -2.91. The van der Waals surface area contributed by atoms with Crippen molar-refractivity contribution in [3.05, 3.63) is 32.8 Å². The van der Waals surface area contributed by atoms with E-state index >= 15 is 0 Å². The number of piperazine rings is 2. The lowest BCUT2D eigenvalue weighted by Crippen LogP contribution is -2.66. The number of aromatic amines is 1. The van der Waals surface area contributed by atoms with Gasteiger partial charge in [-0.15, -0.1) is 0 Å². The Morgan fingerprint density at radius 3 is 2.71 bits per heavy atom. The Labute approximate surface area is 136 Å². The van der Waals surface area contributed by atoms with E-state index in [2.05, 4.69) is 5.10 Å². The smallest absolute Gasteiger partial charge is 0.265 e. The molecule has 3 rings (SSSR count). The van der Waals surface area contributed by atoms with E-state index in [1.54, 1.807) is 7.05 Å². The Morgan fingerprint density at radius 2 is 1.96 bits per heavy atom. The van der Waals surface area contributed by atoms with Gasteiger partial charge < -0.3 is 14.7 Å². The highest BCUT2D eigenvalue weighted by Crippen LogP contribution is 2.17. The van der Waals surface area contributed by atoms with Crippen molar-refractivity contribution >= 4 is 17.7 Å². The van der Waals surface area contributed by atoms with Crippen molar-refractivity contribution in [2.45, 2.75) is 12.6 Å². The van der Waals surface area contributed by atoms with Gasteiger partial charge in [0.05, 0.1) is 13.1 Å². The van der Waals surface area contributed by atoms with Gasteiger partial charge in [0.1, 0.15) is 12.6 Å². The van der Waals surface area contributed by atoms with Gasteiger partial charge in [-0.25, -0.2) is 4.68 Å². The maximum Gasteiger partial charge on any atom is 0.265 e. The maximum absolute atomic E-state index is 12.4. The van der Waals surface area contributed by atoms with E-state index in [4.69, 9.17) is 0 Å². The third-order valence-corrected chi connectivity index (χ3v) is 4.27. The molecule has 24 heavy (non-hydrogen) atoms. The molecular formula is C14H17N5O5. The molecule has 1 N–H and O–H groups in total. The van der Waals surface area contributed by atoms with Crippen molar-refractivity contribution in [3.8, 4) is 0 Å². The number of hydrogen-bond acceptors (Lipinski definition) is 5. The minimum atomic E-state index is -0.694. The average molecular weight is 335 g/mol. The van der Waals surface area contributed by atoms with Crippen LogP contribution in [0.2, 0.25) is 0 Å². The summed E-state index contributed by atoms with van der Waals surface area (Å²) in [5.74, 6) is -0.748. The largest absolute Gasteiger partial charge is 0.337 e. The molecule has 0 bridgehead atoms. The van der Waals surface area contributed by atoms with Crippen LogP contribution in [-0.2, 0) is 20.9 Å². The third kappa shape index (κ3) is 2.82. The van der Waals surface area contributed by atoms with Crippen LogP contribution in [0, 0.1) is 0 Å². The molecule has 128 valence electrons. The molecule has 3 amide bonds. The van der Waals surface area contributed by atoms with Gasteiger partial charge in [0, 0.05) is 32.3 Å². The molecule has 0 aliphatic carbocycles. The average Bonchev–Trinajstić information content (AvgIpc) is 2.55. The molecule has 1 aromatic rings. The lowest BCUT2D eigenvalue weighted by atomic mass is 10.1. The number of nitrogens with zero attached hydrogens (tertiary/aromatic N) is 4. The number of H-pyrrole nitrogens is 1. The first-order valence-electron chi connectivity index (χ1n) is 7.49. The highest BCUT2D eigenvalue weighted by molar-refractivity contribution is 5.95.